The average molecular weight is 377 g/mol. The summed E-state index contributed by atoms with van der Waals surface area (Å²) in [4.78, 5) is 13.2. The predicted molar refractivity (Wildman–Crippen MR) is 92.2 cm³/mol. The molecule has 0 spiro atoms. The number of benzene rings is 2. The van der Waals surface area contributed by atoms with E-state index in [0.717, 1.165) is 27.2 Å². The molecule has 1 aliphatic carbocycles. The molecule has 0 saturated carbocycles. The first-order valence-electron chi connectivity index (χ1n) is 8.71. The number of rotatable bonds is 2. The minimum absolute atomic E-state index is 0.0378. The maximum atomic E-state index is 12.9. The van der Waals surface area contributed by atoms with Crippen LogP contribution in [0.3, 0.4) is 0 Å². The number of fused-ring (bicyclic) bond motifs is 3. The van der Waals surface area contributed by atoms with Crippen molar-refractivity contribution in [2.45, 2.75) is 18.2 Å². The SMILES string of the molecule is O=C(OCC1c2ccccc2-c2ccccc21)N1C[C@H](O)[C@@H](C(F)(F)F)C1. The predicted octanol–water partition coefficient (Wildman–Crippen LogP) is 3.79. The van der Waals surface area contributed by atoms with Crippen LogP contribution in [0.1, 0.15) is 17.0 Å². The zero-order valence-corrected chi connectivity index (χ0v) is 14.3. The number of amides is 1. The average Bonchev–Trinajstić information content (AvgIpc) is 3.18. The number of nitrogens with zero attached hydrogens (tertiary/aromatic N) is 1. The van der Waals surface area contributed by atoms with Crippen molar-refractivity contribution in [1.29, 1.82) is 0 Å². The third-order valence-corrected chi connectivity index (χ3v) is 5.30. The van der Waals surface area contributed by atoms with Crippen LogP contribution in [0.2, 0.25) is 0 Å². The molecule has 4 rings (SSSR count). The molecule has 1 heterocycles. The Morgan fingerprint density at radius 3 is 2.11 bits per heavy atom. The number of hydrogen-bond donors (Lipinski definition) is 1. The van der Waals surface area contributed by atoms with E-state index in [-0.39, 0.29) is 19.1 Å². The number of ether oxygens (including phenoxy) is 1. The first-order valence-corrected chi connectivity index (χ1v) is 8.71. The molecule has 1 saturated heterocycles. The Hall–Kier alpha value is -2.54. The van der Waals surface area contributed by atoms with Crippen molar-refractivity contribution >= 4 is 6.09 Å². The lowest BCUT2D eigenvalue weighted by Gasteiger charge is -2.19. The van der Waals surface area contributed by atoms with Crippen LogP contribution in [0, 0.1) is 5.92 Å². The molecule has 0 aromatic heterocycles. The fourth-order valence-electron chi connectivity index (χ4n) is 3.94. The molecule has 7 heteroatoms. The molecule has 142 valence electrons. The normalized spacial score (nSPS) is 21.9. The summed E-state index contributed by atoms with van der Waals surface area (Å²) in [6, 6.07) is 15.6. The Bertz CT molecular complexity index is 822. The number of alkyl halides is 3. The molecule has 0 bridgehead atoms. The van der Waals surface area contributed by atoms with E-state index >= 15 is 0 Å². The van der Waals surface area contributed by atoms with Crippen molar-refractivity contribution in [3.8, 4) is 11.1 Å². The quantitative estimate of drug-likeness (QED) is 0.866. The van der Waals surface area contributed by atoms with Crippen LogP contribution in [0.25, 0.3) is 11.1 Å². The molecular weight excluding hydrogens is 359 g/mol. The molecule has 2 aromatic carbocycles. The zero-order valence-electron chi connectivity index (χ0n) is 14.3. The van der Waals surface area contributed by atoms with Crippen LogP contribution >= 0.6 is 0 Å². The summed E-state index contributed by atoms with van der Waals surface area (Å²) in [6.07, 6.45) is -6.99. The molecule has 1 aliphatic heterocycles. The Kier molecular flexibility index (Phi) is 4.34. The number of carbonyl (C=O) groups excluding carboxylic acids is 1. The zero-order chi connectivity index (χ0) is 19.2. The van der Waals surface area contributed by atoms with E-state index in [1.54, 1.807) is 0 Å². The minimum Gasteiger partial charge on any atom is -0.448 e. The maximum Gasteiger partial charge on any atom is 0.409 e. The first-order chi connectivity index (χ1) is 12.9. The minimum atomic E-state index is -4.54. The van der Waals surface area contributed by atoms with E-state index < -0.39 is 30.8 Å². The lowest BCUT2D eigenvalue weighted by atomic mass is 9.98. The summed E-state index contributed by atoms with van der Waals surface area (Å²) in [7, 11) is 0. The fourth-order valence-corrected chi connectivity index (χ4v) is 3.94. The molecule has 1 fully saturated rings. The van der Waals surface area contributed by atoms with E-state index in [1.807, 2.05) is 48.5 Å². The summed E-state index contributed by atoms with van der Waals surface area (Å²) < 4.78 is 44.0. The van der Waals surface area contributed by atoms with E-state index in [1.165, 1.54) is 0 Å². The Balaban J connectivity index is 1.47. The lowest BCUT2D eigenvalue weighted by Crippen LogP contribution is -2.33. The summed E-state index contributed by atoms with van der Waals surface area (Å²) >= 11 is 0. The molecule has 2 aliphatic rings. The Morgan fingerprint density at radius 2 is 1.59 bits per heavy atom. The van der Waals surface area contributed by atoms with E-state index in [2.05, 4.69) is 0 Å². The fraction of sp³-hybridized carbons (Fsp3) is 0.350. The number of likely N-dealkylation sites (tertiary alicyclic amines) is 1. The van der Waals surface area contributed by atoms with Crippen molar-refractivity contribution in [1.82, 2.24) is 4.90 Å². The van der Waals surface area contributed by atoms with Crippen molar-refractivity contribution in [2.75, 3.05) is 19.7 Å². The second-order valence-electron chi connectivity index (χ2n) is 6.92. The topological polar surface area (TPSA) is 49.8 Å². The van der Waals surface area contributed by atoms with E-state index in [4.69, 9.17) is 4.74 Å². The van der Waals surface area contributed by atoms with Crippen LogP contribution in [0.5, 0.6) is 0 Å². The monoisotopic (exact) mass is 377 g/mol. The highest BCUT2D eigenvalue weighted by Crippen LogP contribution is 2.44. The number of β-amino-alcohol motifs (C(OH)–C–C–N with tert-alkyl or cyclic N) is 1. The van der Waals surface area contributed by atoms with Gasteiger partial charge < -0.3 is 14.7 Å². The van der Waals surface area contributed by atoms with Gasteiger partial charge in [-0.15, -0.1) is 0 Å². The number of halogens is 3. The molecule has 27 heavy (non-hydrogen) atoms. The Morgan fingerprint density at radius 1 is 1.04 bits per heavy atom. The molecule has 1 amide bonds. The van der Waals surface area contributed by atoms with Crippen LogP contribution in [-0.4, -0.2) is 48.1 Å². The maximum absolute atomic E-state index is 12.9. The number of hydrogen-bond acceptors (Lipinski definition) is 3. The highest BCUT2D eigenvalue weighted by Gasteiger charge is 2.50. The second-order valence-corrected chi connectivity index (χ2v) is 6.92. The highest BCUT2D eigenvalue weighted by atomic mass is 19.4. The van der Waals surface area contributed by atoms with Gasteiger partial charge in [0, 0.05) is 12.5 Å². The molecule has 2 aromatic rings. The molecule has 0 radical (unpaired) electrons. The summed E-state index contributed by atoms with van der Waals surface area (Å²) in [5.41, 5.74) is 4.20. The van der Waals surface area contributed by atoms with Gasteiger partial charge in [0.2, 0.25) is 0 Å². The standard InChI is InChI=1S/C20H18F3NO3/c21-20(22,23)17-9-24(10-18(17)25)19(26)27-11-16-14-7-3-1-5-12(14)13-6-2-4-8-15(13)16/h1-8,16-18,25H,9-11H2/t17-,18-/m0/s1. The summed E-state index contributed by atoms with van der Waals surface area (Å²) in [6.45, 7) is -0.918. The van der Waals surface area contributed by atoms with Gasteiger partial charge in [0.1, 0.15) is 12.5 Å². The smallest absolute Gasteiger partial charge is 0.409 e. The second kappa shape index (κ2) is 6.56. The van der Waals surface area contributed by atoms with Gasteiger partial charge in [0.15, 0.2) is 0 Å². The number of carbonyl (C=O) groups is 1. The molecule has 2 atom stereocenters. The summed E-state index contributed by atoms with van der Waals surface area (Å²) in [5.74, 6) is -2.09. The van der Waals surface area contributed by atoms with Gasteiger partial charge in [-0.25, -0.2) is 4.79 Å². The van der Waals surface area contributed by atoms with Gasteiger partial charge in [-0.1, -0.05) is 48.5 Å². The van der Waals surface area contributed by atoms with Crippen molar-refractivity contribution in [2.24, 2.45) is 5.92 Å². The van der Waals surface area contributed by atoms with Gasteiger partial charge >= 0.3 is 12.3 Å². The molecule has 4 nitrogen and oxygen atoms in total. The van der Waals surface area contributed by atoms with E-state index in [0.29, 0.717) is 0 Å². The first kappa shape index (κ1) is 17.9. The molecular formula is C20H18F3NO3. The largest absolute Gasteiger partial charge is 0.448 e. The highest BCUT2D eigenvalue weighted by molar-refractivity contribution is 5.79. The number of aliphatic hydroxyl groups excluding tert-OH is 1. The third kappa shape index (κ3) is 3.16. The Labute approximate surface area is 154 Å². The van der Waals surface area contributed by atoms with Crippen molar-refractivity contribution in [3.05, 3.63) is 59.7 Å². The van der Waals surface area contributed by atoms with E-state index in [9.17, 15) is 23.1 Å². The van der Waals surface area contributed by atoms with Gasteiger partial charge in [-0.2, -0.15) is 13.2 Å². The van der Waals surface area contributed by atoms with Crippen LogP contribution < -0.4 is 0 Å². The van der Waals surface area contributed by atoms with Gasteiger partial charge in [-0.05, 0) is 22.3 Å². The van der Waals surface area contributed by atoms with Crippen LogP contribution in [0.15, 0.2) is 48.5 Å². The summed E-state index contributed by atoms with van der Waals surface area (Å²) in [5, 5.41) is 9.61. The third-order valence-electron chi connectivity index (χ3n) is 5.30. The van der Waals surface area contributed by atoms with Crippen LogP contribution in [0.4, 0.5) is 18.0 Å². The number of aliphatic hydroxyl groups is 1. The van der Waals surface area contributed by atoms with Crippen molar-refractivity contribution < 1.29 is 27.8 Å². The molecule has 0 unspecified atom stereocenters. The van der Waals surface area contributed by atoms with Gasteiger partial charge in [0.05, 0.1) is 12.6 Å². The molecule has 1 N–H and O–H groups in total. The lowest BCUT2D eigenvalue weighted by molar-refractivity contribution is -0.188. The van der Waals surface area contributed by atoms with Crippen molar-refractivity contribution in [3.63, 3.8) is 0 Å². The van der Waals surface area contributed by atoms with Crippen LogP contribution in [-0.2, 0) is 4.74 Å². The van der Waals surface area contributed by atoms with Gasteiger partial charge in [-0.3, -0.25) is 0 Å². The van der Waals surface area contributed by atoms with Gasteiger partial charge in [0.25, 0.3) is 0 Å².